The van der Waals surface area contributed by atoms with Crippen molar-refractivity contribution in [2.24, 2.45) is 5.73 Å². The number of carbonyl (C=O) groups is 2. The predicted octanol–water partition coefficient (Wildman–Crippen LogP) is 1.25. The zero-order valence-corrected chi connectivity index (χ0v) is 12.1. The summed E-state index contributed by atoms with van der Waals surface area (Å²) in [6.07, 6.45) is 0. The number of aromatic nitrogens is 3. The molecule has 0 fully saturated rings. The second kappa shape index (κ2) is 5.94. The number of carboxylic acids is 2. The van der Waals surface area contributed by atoms with Gasteiger partial charge >= 0.3 is 11.9 Å². The van der Waals surface area contributed by atoms with Gasteiger partial charge in [-0.3, -0.25) is 0 Å². The van der Waals surface area contributed by atoms with Crippen molar-refractivity contribution in [3.63, 3.8) is 0 Å². The quantitative estimate of drug-likeness (QED) is 0.757. The van der Waals surface area contributed by atoms with Crippen molar-refractivity contribution in [1.82, 2.24) is 15.0 Å². The second-order valence-electron chi connectivity index (χ2n) is 5.07. The van der Waals surface area contributed by atoms with E-state index in [0.29, 0.717) is 11.4 Å². The van der Waals surface area contributed by atoms with Crippen LogP contribution >= 0.6 is 0 Å². The van der Waals surface area contributed by atoms with Crippen molar-refractivity contribution in [2.45, 2.75) is 26.3 Å². The Balaban J connectivity index is 2.69. The lowest BCUT2D eigenvalue weighted by molar-refractivity contribution is 0.0696. The lowest BCUT2D eigenvalue weighted by Crippen LogP contribution is -2.10. The van der Waals surface area contributed by atoms with Crippen LogP contribution in [0.2, 0.25) is 0 Å². The maximum atomic E-state index is 11.2. The summed E-state index contributed by atoms with van der Waals surface area (Å²) in [6.45, 7) is 4.04. The molecular formula is C14H16N4O4. The molecule has 0 aliphatic heterocycles. The molecule has 4 N–H and O–H groups in total. The standard InChI is InChI=1S/C14H16N4O4/c1-7(2)12-11(6-15)16-17-18(12)10-4-8(13(19)20)3-9(5-10)14(21)22/h3-5,7H,6,15H2,1-2H3,(H,19,20)(H,21,22). The Labute approximate surface area is 126 Å². The highest BCUT2D eigenvalue weighted by Gasteiger charge is 2.19. The van der Waals surface area contributed by atoms with Crippen molar-refractivity contribution in [1.29, 1.82) is 0 Å². The molecule has 116 valence electrons. The maximum Gasteiger partial charge on any atom is 0.335 e. The zero-order chi connectivity index (χ0) is 16.4. The number of aromatic carboxylic acids is 2. The number of carboxylic acid groups (broad SMARTS) is 2. The van der Waals surface area contributed by atoms with Crippen LogP contribution < -0.4 is 5.73 Å². The van der Waals surface area contributed by atoms with Gasteiger partial charge in [-0.1, -0.05) is 19.1 Å². The van der Waals surface area contributed by atoms with E-state index in [1.807, 2.05) is 13.8 Å². The molecule has 0 bridgehead atoms. The molecule has 22 heavy (non-hydrogen) atoms. The molecule has 0 unspecified atom stereocenters. The highest BCUT2D eigenvalue weighted by molar-refractivity contribution is 5.94. The molecule has 0 saturated heterocycles. The summed E-state index contributed by atoms with van der Waals surface area (Å²) in [5.41, 5.74) is 7.01. The Morgan fingerprint density at radius 1 is 1.18 bits per heavy atom. The lowest BCUT2D eigenvalue weighted by atomic mass is 10.1. The van der Waals surface area contributed by atoms with Gasteiger partial charge in [-0.25, -0.2) is 14.3 Å². The third kappa shape index (κ3) is 2.82. The van der Waals surface area contributed by atoms with Gasteiger partial charge in [0.25, 0.3) is 0 Å². The summed E-state index contributed by atoms with van der Waals surface area (Å²) < 4.78 is 1.44. The number of hydrogen-bond donors (Lipinski definition) is 3. The first kappa shape index (κ1) is 15.6. The van der Waals surface area contributed by atoms with Gasteiger partial charge in [0.2, 0.25) is 0 Å². The summed E-state index contributed by atoms with van der Waals surface area (Å²) in [5.74, 6) is -2.39. The number of nitrogens with two attached hydrogens (primary N) is 1. The molecule has 0 atom stereocenters. The Hall–Kier alpha value is -2.74. The average molecular weight is 304 g/mol. The molecule has 2 rings (SSSR count). The fourth-order valence-electron chi connectivity index (χ4n) is 2.21. The van der Waals surface area contributed by atoms with Gasteiger partial charge in [0.1, 0.15) is 5.69 Å². The van der Waals surface area contributed by atoms with Crippen molar-refractivity contribution in [3.8, 4) is 5.69 Å². The fraction of sp³-hybridized carbons (Fsp3) is 0.286. The number of hydrogen-bond acceptors (Lipinski definition) is 5. The van der Waals surface area contributed by atoms with Crippen LogP contribution in [0.1, 0.15) is 51.9 Å². The first-order valence-electron chi connectivity index (χ1n) is 6.61. The van der Waals surface area contributed by atoms with Gasteiger partial charge in [-0.15, -0.1) is 5.10 Å². The van der Waals surface area contributed by atoms with Gasteiger partial charge < -0.3 is 15.9 Å². The minimum Gasteiger partial charge on any atom is -0.478 e. The molecule has 0 aliphatic carbocycles. The van der Waals surface area contributed by atoms with Crippen molar-refractivity contribution >= 4 is 11.9 Å². The Bertz CT molecular complexity index is 704. The van der Waals surface area contributed by atoms with Gasteiger partial charge in [0.05, 0.1) is 22.5 Å². The van der Waals surface area contributed by atoms with Crippen molar-refractivity contribution in [2.75, 3.05) is 0 Å². The average Bonchev–Trinajstić information content (AvgIpc) is 2.90. The van der Waals surface area contributed by atoms with E-state index in [9.17, 15) is 9.59 Å². The number of rotatable bonds is 5. The third-order valence-corrected chi connectivity index (χ3v) is 3.18. The summed E-state index contributed by atoms with van der Waals surface area (Å²) >= 11 is 0. The molecule has 1 aromatic carbocycles. The summed E-state index contributed by atoms with van der Waals surface area (Å²) in [4.78, 5) is 22.4. The van der Waals surface area contributed by atoms with Crippen molar-refractivity contribution in [3.05, 3.63) is 40.7 Å². The topological polar surface area (TPSA) is 131 Å². The number of nitrogens with zero attached hydrogens (tertiary/aromatic N) is 3. The van der Waals surface area contributed by atoms with Crippen LogP contribution in [0.25, 0.3) is 5.69 Å². The second-order valence-corrected chi connectivity index (χ2v) is 5.07. The third-order valence-electron chi connectivity index (χ3n) is 3.18. The van der Waals surface area contributed by atoms with E-state index in [-0.39, 0.29) is 23.6 Å². The zero-order valence-electron chi connectivity index (χ0n) is 12.1. The predicted molar refractivity (Wildman–Crippen MR) is 77.3 cm³/mol. The molecular weight excluding hydrogens is 288 g/mol. The largest absolute Gasteiger partial charge is 0.478 e. The first-order chi connectivity index (χ1) is 10.3. The molecule has 0 spiro atoms. The molecule has 8 heteroatoms. The van der Waals surface area contributed by atoms with Crippen LogP contribution in [0.5, 0.6) is 0 Å². The highest BCUT2D eigenvalue weighted by atomic mass is 16.4. The van der Waals surface area contributed by atoms with E-state index in [4.69, 9.17) is 15.9 Å². The van der Waals surface area contributed by atoms with E-state index in [1.54, 1.807) is 0 Å². The van der Waals surface area contributed by atoms with Crippen LogP contribution in [0.15, 0.2) is 18.2 Å². The smallest absolute Gasteiger partial charge is 0.335 e. The molecule has 8 nitrogen and oxygen atoms in total. The van der Waals surface area contributed by atoms with Crippen LogP contribution in [0.3, 0.4) is 0 Å². The van der Waals surface area contributed by atoms with Crippen LogP contribution in [-0.4, -0.2) is 37.1 Å². The van der Waals surface area contributed by atoms with E-state index < -0.39 is 11.9 Å². The van der Waals surface area contributed by atoms with Crippen LogP contribution in [-0.2, 0) is 6.54 Å². The molecule has 0 aliphatic rings. The normalized spacial score (nSPS) is 10.9. The van der Waals surface area contributed by atoms with Crippen LogP contribution in [0.4, 0.5) is 0 Å². The monoisotopic (exact) mass is 304 g/mol. The van der Waals surface area contributed by atoms with Gasteiger partial charge in [0.15, 0.2) is 0 Å². The summed E-state index contributed by atoms with van der Waals surface area (Å²) in [7, 11) is 0. The van der Waals surface area contributed by atoms with Gasteiger partial charge in [0, 0.05) is 6.54 Å². The van der Waals surface area contributed by atoms with Crippen molar-refractivity contribution < 1.29 is 19.8 Å². The Kier molecular flexibility index (Phi) is 4.22. The maximum absolute atomic E-state index is 11.2. The molecule has 1 aromatic heterocycles. The van der Waals surface area contributed by atoms with E-state index >= 15 is 0 Å². The van der Waals surface area contributed by atoms with E-state index in [1.165, 1.54) is 16.8 Å². The molecule has 0 saturated carbocycles. The van der Waals surface area contributed by atoms with Gasteiger partial charge in [-0.2, -0.15) is 0 Å². The Morgan fingerprint density at radius 2 is 1.73 bits per heavy atom. The Morgan fingerprint density at radius 3 is 2.14 bits per heavy atom. The SMILES string of the molecule is CC(C)c1c(CN)nnn1-c1cc(C(=O)O)cc(C(=O)O)c1. The van der Waals surface area contributed by atoms with E-state index in [2.05, 4.69) is 10.3 Å². The summed E-state index contributed by atoms with van der Waals surface area (Å²) in [6, 6.07) is 3.81. The minimum absolute atomic E-state index is 0.0373. The number of benzene rings is 1. The fourth-order valence-corrected chi connectivity index (χ4v) is 2.21. The molecule has 0 amide bonds. The van der Waals surface area contributed by atoms with E-state index in [0.717, 1.165) is 11.8 Å². The molecule has 1 heterocycles. The molecule has 2 aromatic rings. The first-order valence-corrected chi connectivity index (χ1v) is 6.61. The van der Waals surface area contributed by atoms with Gasteiger partial charge in [-0.05, 0) is 24.1 Å². The van der Waals surface area contributed by atoms with Crippen LogP contribution in [0, 0.1) is 0 Å². The summed E-state index contributed by atoms with van der Waals surface area (Å²) in [5, 5.41) is 26.2. The lowest BCUT2D eigenvalue weighted by Gasteiger charge is -2.12. The molecule has 0 radical (unpaired) electrons. The highest BCUT2D eigenvalue weighted by Crippen LogP contribution is 2.23. The minimum atomic E-state index is -1.21.